The lowest BCUT2D eigenvalue weighted by molar-refractivity contribution is -0.160. The van der Waals surface area contributed by atoms with Crippen molar-refractivity contribution in [1.29, 1.82) is 0 Å². The monoisotopic (exact) mass is 443 g/mol. The summed E-state index contributed by atoms with van der Waals surface area (Å²) in [5.74, 6) is -0.620. The van der Waals surface area contributed by atoms with Gasteiger partial charge < -0.3 is 24.4 Å². The highest BCUT2D eigenvalue weighted by atomic mass is 32.2. The lowest BCUT2D eigenvalue weighted by Gasteiger charge is -2.30. The zero-order chi connectivity index (χ0) is 22.3. The van der Waals surface area contributed by atoms with Crippen molar-refractivity contribution in [3.05, 3.63) is 36.1 Å². The number of sulfonamides is 1. The summed E-state index contributed by atoms with van der Waals surface area (Å²) in [5, 5.41) is 18.5. The van der Waals surface area contributed by atoms with Crippen molar-refractivity contribution < 1.29 is 37.6 Å². The average Bonchev–Trinajstić information content (AvgIpc) is 2.72. The predicted molar refractivity (Wildman–Crippen MR) is 108 cm³/mol. The maximum absolute atomic E-state index is 12.9. The number of benzene rings is 1. The second-order valence-corrected chi connectivity index (χ2v) is 9.14. The molecule has 0 saturated heterocycles. The molecule has 2 N–H and O–H groups in total. The van der Waals surface area contributed by atoms with Crippen LogP contribution in [0.1, 0.15) is 20.3 Å². The molecule has 30 heavy (non-hydrogen) atoms. The lowest BCUT2D eigenvalue weighted by atomic mass is 9.90. The van der Waals surface area contributed by atoms with E-state index in [0.717, 1.165) is 4.31 Å². The van der Waals surface area contributed by atoms with Crippen LogP contribution in [0.25, 0.3) is 0 Å². The third-order valence-corrected chi connectivity index (χ3v) is 6.76. The van der Waals surface area contributed by atoms with Crippen LogP contribution in [0, 0.1) is 11.8 Å². The standard InChI is InChI=1S/C20H29NO8S/c1-14(2)15-12-18(20(23)24)29-19(13-15)28-11-9-21(8-10-22)30(25,26)17-6-4-16(27-3)5-7-17/h4-7,12,14-15,19,22H,8-11,13H2,1-3H3,(H,23,24)/t15-,19+/m0/s1. The van der Waals surface area contributed by atoms with Gasteiger partial charge in [-0.2, -0.15) is 4.31 Å². The molecule has 0 fully saturated rings. The van der Waals surface area contributed by atoms with E-state index in [9.17, 15) is 23.4 Å². The van der Waals surface area contributed by atoms with Crippen LogP contribution in [0.3, 0.4) is 0 Å². The minimum Gasteiger partial charge on any atom is -0.497 e. The van der Waals surface area contributed by atoms with Crippen LogP contribution in [0.2, 0.25) is 0 Å². The highest BCUT2D eigenvalue weighted by molar-refractivity contribution is 7.89. The first kappa shape index (κ1) is 24.1. The fourth-order valence-electron chi connectivity index (χ4n) is 3.05. The van der Waals surface area contributed by atoms with E-state index in [2.05, 4.69) is 0 Å². The van der Waals surface area contributed by atoms with Gasteiger partial charge in [0.2, 0.25) is 22.1 Å². The van der Waals surface area contributed by atoms with E-state index >= 15 is 0 Å². The quantitative estimate of drug-likeness (QED) is 0.530. The summed E-state index contributed by atoms with van der Waals surface area (Å²) in [5.41, 5.74) is 0. The molecule has 0 aromatic heterocycles. The van der Waals surface area contributed by atoms with Gasteiger partial charge in [0.15, 0.2) is 0 Å². The molecule has 10 heteroatoms. The van der Waals surface area contributed by atoms with Crippen molar-refractivity contribution in [2.24, 2.45) is 11.8 Å². The van der Waals surface area contributed by atoms with Gasteiger partial charge in [-0.05, 0) is 42.2 Å². The molecule has 1 aromatic carbocycles. The summed E-state index contributed by atoms with van der Waals surface area (Å²) in [7, 11) is -2.36. The van der Waals surface area contributed by atoms with Gasteiger partial charge in [0.1, 0.15) is 5.75 Å². The first-order chi connectivity index (χ1) is 14.2. The average molecular weight is 444 g/mol. The lowest BCUT2D eigenvalue weighted by Crippen LogP contribution is -2.38. The van der Waals surface area contributed by atoms with Crippen LogP contribution in [-0.4, -0.2) is 68.6 Å². The molecule has 9 nitrogen and oxygen atoms in total. The zero-order valence-electron chi connectivity index (χ0n) is 17.4. The maximum Gasteiger partial charge on any atom is 0.370 e. The van der Waals surface area contributed by atoms with Crippen LogP contribution in [0.15, 0.2) is 41.0 Å². The van der Waals surface area contributed by atoms with Gasteiger partial charge >= 0.3 is 5.97 Å². The number of carbonyl (C=O) groups is 1. The zero-order valence-corrected chi connectivity index (χ0v) is 18.2. The van der Waals surface area contributed by atoms with E-state index < -0.39 is 22.3 Å². The Kier molecular flexibility index (Phi) is 8.65. The number of nitrogens with zero attached hydrogens (tertiary/aromatic N) is 1. The van der Waals surface area contributed by atoms with Crippen LogP contribution in [0.4, 0.5) is 0 Å². The SMILES string of the molecule is COc1ccc(S(=O)(=O)N(CCO)CCO[C@H]2C[C@@H](C(C)C)C=C(C(=O)O)O2)cc1. The highest BCUT2D eigenvalue weighted by Gasteiger charge is 2.30. The van der Waals surface area contributed by atoms with Gasteiger partial charge in [0.25, 0.3) is 0 Å². The van der Waals surface area contributed by atoms with E-state index in [-0.39, 0.29) is 48.8 Å². The number of methoxy groups -OCH3 is 1. The minimum absolute atomic E-state index is 0.0161. The maximum atomic E-state index is 12.9. The third kappa shape index (κ3) is 6.18. The minimum atomic E-state index is -3.85. The largest absolute Gasteiger partial charge is 0.497 e. The fraction of sp³-hybridized carbons (Fsp3) is 0.550. The molecule has 1 aliphatic rings. The van der Waals surface area contributed by atoms with Gasteiger partial charge in [-0.3, -0.25) is 0 Å². The number of aliphatic hydroxyl groups excluding tert-OH is 1. The first-order valence-electron chi connectivity index (χ1n) is 9.67. The normalized spacial score (nSPS) is 19.5. The number of allylic oxidation sites excluding steroid dienone is 1. The molecule has 168 valence electrons. The number of hydrogen-bond donors (Lipinski definition) is 2. The Balaban J connectivity index is 2.03. The number of carboxylic acid groups (broad SMARTS) is 1. The molecule has 0 spiro atoms. The van der Waals surface area contributed by atoms with E-state index in [1.54, 1.807) is 18.2 Å². The smallest absolute Gasteiger partial charge is 0.370 e. The van der Waals surface area contributed by atoms with Gasteiger partial charge in [-0.1, -0.05) is 13.8 Å². The van der Waals surface area contributed by atoms with E-state index in [4.69, 9.17) is 14.2 Å². The summed E-state index contributed by atoms with van der Waals surface area (Å²) in [6.07, 6.45) is 1.27. The highest BCUT2D eigenvalue weighted by Crippen LogP contribution is 2.28. The summed E-state index contributed by atoms with van der Waals surface area (Å²) in [4.78, 5) is 11.4. The molecule has 1 aliphatic heterocycles. The van der Waals surface area contributed by atoms with E-state index in [0.29, 0.717) is 12.2 Å². The summed E-state index contributed by atoms with van der Waals surface area (Å²) >= 11 is 0. The topological polar surface area (TPSA) is 123 Å². The Morgan fingerprint density at radius 2 is 1.93 bits per heavy atom. The molecular weight excluding hydrogens is 414 g/mol. The summed E-state index contributed by atoms with van der Waals surface area (Å²) in [6.45, 7) is 3.47. The van der Waals surface area contributed by atoms with Gasteiger partial charge in [-0.25, -0.2) is 13.2 Å². The Labute approximate surface area is 176 Å². The molecule has 0 radical (unpaired) electrons. The van der Waals surface area contributed by atoms with Crippen molar-refractivity contribution >= 4 is 16.0 Å². The van der Waals surface area contributed by atoms with Gasteiger partial charge in [0.05, 0.1) is 25.2 Å². The van der Waals surface area contributed by atoms with Crippen LogP contribution < -0.4 is 4.74 Å². The number of carboxylic acids is 1. The third-order valence-electron chi connectivity index (χ3n) is 4.85. The molecule has 2 atom stereocenters. The molecule has 0 amide bonds. The van der Waals surface area contributed by atoms with E-state index in [1.165, 1.54) is 19.2 Å². The molecule has 2 rings (SSSR count). The molecule has 1 aromatic rings. The van der Waals surface area contributed by atoms with E-state index in [1.807, 2.05) is 13.8 Å². The Bertz CT molecular complexity index is 835. The van der Waals surface area contributed by atoms with Crippen molar-refractivity contribution in [3.8, 4) is 5.75 Å². The van der Waals surface area contributed by atoms with Crippen molar-refractivity contribution in [2.75, 3.05) is 33.4 Å². The number of hydrogen-bond acceptors (Lipinski definition) is 7. The summed E-state index contributed by atoms with van der Waals surface area (Å²) in [6, 6.07) is 5.95. The van der Waals surface area contributed by atoms with Gasteiger partial charge in [0, 0.05) is 19.5 Å². The van der Waals surface area contributed by atoms with Crippen LogP contribution in [-0.2, 0) is 24.3 Å². The second kappa shape index (κ2) is 10.8. The Hall–Kier alpha value is -2.14. The summed E-state index contributed by atoms with van der Waals surface area (Å²) < 4.78 is 43.0. The number of aliphatic hydroxyl groups is 1. The molecule has 0 unspecified atom stereocenters. The Morgan fingerprint density at radius 1 is 1.27 bits per heavy atom. The first-order valence-corrected chi connectivity index (χ1v) is 11.1. The second-order valence-electron chi connectivity index (χ2n) is 7.20. The van der Waals surface area contributed by atoms with Gasteiger partial charge in [-0.15, -0.1) is 0 Å². The number of ether oxygens (including phenoxy) is 3. The number of aliphatic carboxylic acids is 1. The van der Waals surface area contributed by atoms with Crippen molar-refractivity contribution in [3.63, 3.8) is 0 Å². The van der Waals surface area contributed by atoms with Crippen molar-refractivity contribution in [1.82, 2.24) is 4.31 Å². The van der Waals surface area contributed by atoms with Crippen molar-refractivity contribution in [2.45, 2.75) is 31.5 Å². The predicted octanol–water partition coefficient (Wildman–Crippen LogP) is 1.68. The molecule has 0 bridgehead atoms. The molecule has 0 aliphatic carbocycles. The fourth-order valence-corrected chi connectivity index (χ4v) is 4.46. The number of rotatable bonds is 11. The Morgan fingerprint density at radius 3 is 2.47 bits per heavy atom. The van der Waals surface area contributed by atoms with Crippen LogP contribution in [0.5, 0.6) is 5.75 Å². The van der Waals surface area contributed by atoms with Crippen LogP contribution >= 0.6 is 0 Å². The molecule has 1 heterocycles. The molecular formula is C20H29NO8S. The molecule has 0 saturated carbocycles.